The molecule has 1 atom stereocenters. The van der Waals surface area contributed by atoms with Gasteiger partial charge in [-0.15, -0.1) is 0 Å². The fraction of sp³-hybridized carbons (Fsp3) is 0.667. The average molecular weight is 271 g/mol. The van der Waals surface area contributed by atoms with Crippen molar-refractivity contribution in [1.82, 2.24) is 9.78 Å². The third-order valence-corrected chi connectivity index (χ3v) is 3.72. The van der Waals surface area contributed by atoms with E-state index in [1.54, 1.807) is 6.20 Å². The van der Waals surface area contributed by atoms with E-state index in [0.29, 0.717) is 13.1 Å². The van der Waals surface area contributed by atoms with Crippen LogP contribution < -0.4 is 16.2 Å². The summed E-state index contributed by atoms with van der Waals surface area (Å²) in [6.45, 7) is 4.06. The molecule has 2 rings (SSSR count). The lowest BCUT2D eigenvalue weighted by atomic mass is 10.2. The molecule has 1 aromatic rings. The molecule has 1 aromatic heterocycles. The molecule has 0 saturated carbocycles. The van der Waals surface area contributed by atoms with Gasteiger partial charge in [-0.3, -0.25) is 4.79 Å². The van der Waals surface area contributed by atoms with Gasteiger partial charge in [0.25, 0.3) is 5.56 Å². The number of aromatic nitrogens is 2. The van der Waals surface area contributed by atoms with Gasteiger partial charge < -0.3 is 10.6 Å². The summed E-state index contributed by atoms with van der Waals surface area (Å²) in [6, 6.07) is 0.269. The van der Waals surface area contributed by atoms with E-state index in [9.17, 15) is 4.79 Å². The maximum Gasteiger partial charge on any atom is 0.287 e. The third-order valence-electron chi connectivity index (χ3n) is 3.36. The summed E-state index contributed by atoms with van der Waals surface area (Å²) >= 11 is 6.18. The topological polar surface area (TPSA) is 64.2 Å². The van der Waals surface area contributed by atoms with Crippen LogP contribution in [0.4, 0.5) is 5.69 Å². The lowest BCUT2D eigenvalue weighted by molar-refractivity contribution is 0.565. The van der Waals surface area contributed by atoms with Crippen LogP contribution in [0.2, 0.25) is 5.02 Å². The number of halogens is 1. The second kappa shape index (κ2) is 5.71. The maximum atomic E-state index is 12.0. The Hall–Kier alpha value is -1.07. The third kappa shape index (κ3) is 2.37. The Morgan fingerprint density at radius 2 is 2.39 bits per heavy atom. The minimum atomic E-state index is -0.210. The molecule has 0 radical (unpaired) electrons. The van der Waals surface area contributed by atoms with E-state index >= 15 is 0 Å². The van der Waals surface area contributed by atoms with Gasteiger partial charge in [-0.2, -0.15) is 5.10 Å². The molecule has 0 amide bonds. The molecule has 1 saturated heterocycles. The molecular weight excluding hydrogens is 252 g/mol. The van der Waals surface area contributed by atoms with Crippen molar-refractivity contribution in [2.45, 2.75) is 38.8 Å². The highest BCUT2D eigenvalue weighted by atomic mass is 35.5. The number of hydrogen-bond acceptors (Lipinski definition) is 4. The first-order chi connectivity index (χ1) is 8.69. The van der Waals surface area contributed by atoms with Gasteiger partial charge >= 0.3 is 0 Å². The van der Waals surface area contributed by atoms with Crippen LogP contribution in [0.3, 0.4) is 0 Å². The lowest BCUT2D eigenvalue weighted by Gasteiger charge is -2.26. The molecule has 1 aliphatic heterocycles. The molecule has 0 aliphatic carbocycles. The lowest BCUT2D eigenvalue weighted by Crippen LogP contribution is -2.37. The highest BCUT2D eigenvalue weighted by Crippen LogP contribution is 2.28. The first-order valence-corrected chi connectivity index (χ1v) is 6.79. The predicted octanol–water partition coefficient (Wildman–Crippen LogP) is 1.23. The van der Waals surface area contributed by atoms with E-state index in [0.717, 1.165) is 31.5 Å². The SMILES string of the molecule is CCCn1ncc(N2CCCC2CN)c(Cl)c1=O. The molecule has 100 valence electrons. The molecule has 2 heterocycles. The summed E-state index contributed by atoms with van der Waals surface area (Å²) in [6.07, 6.45) is 4.67. The molecule has 6 heteroatoms. The quantitative estimate of drug-likeness (QED) is 0.894. The van der Waals surface area contributed by atoms with Crippen LogP contribution in [0.25, 0.3) is 0 Å². The number of hydrogen-bond donors (Lipinski definition) is 1. The van der Waals surface area contributed by atoms with E-state index < -0.39 is 0 Å². The van der Waals surface area contributed by atoms with E-state index in [-0.39, 0.29) is 16.6 Å². The molecular formula is C12H19ClN4O. The standard InChI is InChI=1S/C12H19ClN4O/c1-2-5-17-12(18)11(13)10(8-15-17)16-6-3-4-9(16)7-14/h8-9H,2-7,14H2,1H3. The van der Waals surface area contributed by atoms with Gasteiger partial charge in [-0.05, 0) is 19.3 Å². The summed E-state index contributed by atoms with van der Waals surface area (Å²) < 4.78 is 1.42. The minimum Gasteiger partial charge on any atom is -0.365 e. The maximum absolute atomic E-state index is 12.0. The minimum absolute atomic E-state index is 0.210. The van der Waals surface area contributed by atoms with Gasteiger partial charge in [0.2, 0.25) is 0 Å². The zero-order valence-corrected chi connectivity index (χ0v) is 11.4. The predicted molar refractivity (Wildman–Crippen MR) is 73.2 cm³/mol. The van der Waals surface area contributed by atoms with Crippen molar-refractivity contribution in [2.24, 2.45) is 5.73 Å². The zero-order valence-electron chi connectivity index (χ0n) is 10.6. The van der Waals surface area contributed by atoms with Crippen LogP contribution in [0.1, 0.15) is 26.2 Å². The Morgan fingerprint density at radius 3 is 3.06 bits per heavy atom. The zero-order chi connectivity index (χ0) is 13.1. The second-order valence-corrected chi connectivity index (χ2v) is 4.98. The molecule has 0 bridgehead atoms. The van der Waals surface area contributed by atoms with Crippen LogP contribution in [-0.2, 0) is 6.54 Å². The fourth-order valence-corrected chi connectivity index (χ4v) is 2.68. The molecule has 1 fully saturated rings. The van der Waals surface area contributed by atoms with Crippen molar-refractivity contribution >= 4 is 17.3 Å². The van der Waals surface area contributed by atoms with Crippen molar-refractivity contribution in [3.63, 3.8) is 0 Å². The highest BCUT2D eigenvalue weighted by molar-refractivity contribution is 6.33. The van der Waals surface area contributed by atoms with Crippen LogP contribution in [-0.4, -0.2) is 28.9 Å². The number of aryl methyl sites for hydroxylation is 1. The fourth-order valence-electron chi connectivity index (χ4n) is 2.43. The Kier molecular flexibility index (Phi) is 4.24. The van der Waals surface area contributed by atoms with E-state index in [2.05, 4.69) is 10.00 Å². The Balaban J connectivity index is 2.35. The molecule has 5 nitrogen and oxygen atoms in total. The van der Waals surface area contributed by atoms with Crippen molar-refractivity contribution in [3.8, 4) is 0 Å². The Labute approximate surface area is 112 Å². The molecule has 18 heavy (non-hydrogen) atoms. The van der Waals surface area contributed by atoms with Gasteiger partial charge in [0.15, 0.2) is 0 Å². The number of anilines is 1. The normalized spacial score (nSPS) is 19.5. The summed E-state index contributed by atoms with van der Waals surface area (Å²) in [7, 11) is 0. The van der Waals surface area contributed by atoms with Crippen LogP contribution in [0.15, 0.2) is 11.0 Å². The van der Waals surface area contributed by atoms with Gasteiger partial charge in [-0.25, -0.2) is 4.68 Å². The number of rotatable bonds is 4. The van der Waals surface area contributed by atoms with Crippen LogP contribution in [0.5, 0.6) is 0 Å². The van der Waals surface area contributed by atoms with Crippen LogP contribution >= 0.6 is 11.6 Å². The van der Waals surface area contributed by atoms with Crippen molar-refractivity contribution in [2.75, 3.05) is 18.0 Å². The molecule has 0 spiro atoms. The summed E-state index contributed by atoms with van der Waals surface area (Å²) in [5.41, 5.74) is 6.25. The molecule has 1 unspecified atom stereocenters. The monoisotopic (exact) mass is 270 g/mol. The van der Waals surface area contributed by atoms with Crippen molar-refractivity contribution in [1.29, 1.82) is 0 Å². The molecule has 1 aliphatic rings. The van der Waals surface area contributed by atoms with Crippen LogP contribution in [0, 0.1) is 0 Å². The van der Waals surface area contributed by atoms with Gasteiger partial charge in [0.1, 0.15) is 5.02 Å². The van der Waals surface area contributed by atoms with Crippen molar-refractivity contribution < 1.29 is 0 Å². The van der Waals surface area contributed by atoms with Gasteiger partial charge in [0, 0.05) is 25.7 Å². The van der Waals surface area contributed by atoms with Gasteiger partial charge in [-0.1, -0.05) is 18.5 Å². The first-order valence-electron chi connectivity index (χ1n) is 6.41. The van der Waals surface area contributed by atoms with E-state index in [4.69, 9.17) is 17.3 Å². The first kappa shape index (κ1) is 13.4. The number of nitrogens with zero attached hydrogens (tertiary/aromatic N) is 3. The smallest absolute Gasteiger partial charge is 0.287 e. The largest absolute Gasteiger partial charge is 0.365 e. The van der Waals surface area contributed by atoms with E-state index in [1.165, 1.54) is 4.68 Å². The average Bonchev–Trinajstić information content (AvgIpc) is 2.83. The second-order valence-electron chi connectivity index (χ2n) is 4.60. The summed E-state index contributed by atoms with van der Waals surface area (Å²) in [5, 5.41) is 4.44. The van der Waals surface area contributed by atoms with E-state index in [1.807, 2.05) is 6.92 Å². The Morgan fingerprint density at radius 1 is 1.61 bits per heavy atom. The summed E-state index contributed by atoms with van der Waals surface area (Å²) in [4.78, 5) is 14.1. The van der Waals surface area contributed by atoms with Gasteiger partial charge in [0.05, 0.1) is 11.9 Å². The molecule has 2 N–H and O–H groups in total. The van der Waals surface area contributed by atoms with Crippen molar-refractivity contribution in [3.05, 3.63) is 21.6 Å². The Bertz CT molecular complexity index is 474. The summed E-state index contributed by atoms with van der Waals surface area (Å²) in [5.74, 6) is 0. The molecule has 0 aromatic carbocycles. The highest BCUT2D eigenvalue weighted by Gasteiger charge is 2.26. The number of nitrogens with two attached hydrogens (primary N) is 1.